The molecule has 11 heavy (non-hydrogen) atoms. The molecule has 1 rings (SSSR count). The van der Waals surface area contributed by atoms with Crippen molar-refractivity contribution in [2.24, 2.45) is 7.05 Å². The van der Waals surface area contributed by atoms with E-state index in [1.54, 1.807) is 7.05 Å². The van der Waals surface area contributed by atoms with Crippen LogP contribution in [-0.4, -0.2) is 4.57 Å². The molecule has 0 amide bonds. The standard InChI is InChI=1S/C8H10FNO/c1-3-6-4-7(9)5-10(2)8(6)11/h4-5H,3H2,1-2H3. The van der Waals surface area contributed by atoms with Crippen molar-refractivity contribution < 1.29 is 4.39 Å². The van der Waals surface area contributed by atoms with Gasteiger partial charge in [0.05, 0.1) is 0 Å². The van der Waals surface area contributed by atoms with Crippen LogP contribution in [0.2, 0.25) is 0 Å². The molecule has 0 aliphatic carbocycles. The lowest BCUT2D eigenvalue weighted by Gasteiger charge is -2.00. The number of nitrogens with zero attached hydrogens (tertiary/aromatic N) is 1. The van der Waals surface area contributed by atoms with Crippen LogP contribution in [0.15, 0.2) is 17.1 Å². The van der Waals surface area contributed by atoms with Gasteiger partial charge in [-0.15, -0.1) is 0 Å². The van der Waals surface area contributed by atoms with Crippen LogP contribution < -0.4 is 5.56 Å². The van der Waals surface area contributed by atoms with Crippen LogP contribution in [-0.2, 0) is 13.5 Å². The van der Waals surface area contributed by atoms with E-state index < -0.39 is 0 Å². The van der Waals surface area contributed by atoms with Gasteiger partial charge < -0.3 is 4.57 Å². The number of aryl methyl sites for hydroxylation is 2. The summed E-state index contributed by atoms with van der Waals surface area (Å²) in [7, 11) is 1.55. The van der Waals surface area contributed by atoms with Gasteiger partial charge in [0, 0.05) is 18.8 Å². The molecule has 0 spiro atoms. The first-order valence-corrected chi connectivity index (χ1v) is 3.50. The van der Waals surface area contributed by atoms with Gasteiger partial charge >= 0.3 is 0 Å². The second kappa shape index (κ2) is 2.86. The van der Waals surface area contributed by atoms with Crippen LogP contribution in [0.1, 0.15) is 12.5 Å². The Balaban J connectivity index is 3.37. The van der Waals surface area contributed by atoms with Gasteiger partial charge in [0.1, 0.15) is 5.82 Å². The summed E-state index contributed by atoms with van der Waals surface area (Å²) < 4.78 is 13.9. The molecule has 0 aliphatic rings. The molecular weight excluding hydrogens is 145 g/mol. The SMILES string of the molecule is CCc1cc(F)cn(C)c1=O. The minimum Gasteiger partial charge on any atom is -0.315 e. The van der Waals surface area contributed by atoms with Gasteiger partial charge in [0.25, 0.3) is 5.56 Å². The summed E-state index contributed by atoms with van der Waals surface area (Å²) in [5, 5.41) is 0. The molecule has 0 atom stereocenters. The predicted molar refractivity (Wildman–Crippen MR) is 41.0 cm³/mol. The summed E-state index contributed by atoms with van der Waals surface area (Å²) >= 11 is 0. The topological polar surface area (TPSA) is 22.0 Å². The van der Waals surface area contributed by atoms with Gasteiger partial charge in [-0.3, -0.25) is 4.79 Å². The number of aromatic nitrogens is 1. The lowest BCUT2D eigenvalue weighted by atomic mass is 10.2. The third kappa shape index (κ3) is 1.48. The maximum Gasteiger partial charge on any atom is 0.253 e. The molecule has 1 aromatic heterocycles. The van der Waals surface area contributed by atoms with E-state index in [9.17, 15) is 9.18 Å². The fourth-order valence-electron chi connectivity index (χ4n) is 0.989. The zero-order chi connectivity index (χ0) is 8.43. The fraction of sp³-hybridized carbons (Fsp3) is 0.375. The number of hydrogen-bond acceptors (Lipinski definition) is 1. The van der Waals surface area contributed by atoms with E-state index >= 15 is 0 Å². The van der Waals surface area contributed by atoms with E-state index in [2.05, 4.69) is 0 Å². The van der Waals surface area contributed by atoms with Crippen molar-refractivity contribution in [3.63, 3.8) is 0 Å². The lowest BCUT2D eigenvalue weighted by Crippen LogP contribution is -2.20. The summed E-state index contributed by atoms with van der Waals surface area (Å²) in [6, 6.07) is 1.28. The first kappa shape index (κ1) is 7.98. The Bertz CT molecular complexity index is 316. The minimum atomic E-state index is -0.357. The van der Waals surface area contributed by atoms with E-state index in [1.165, 1.54) is 16.8 Å². The van der Waals surface area contributed by atoms with Crippen molar-refractivity contribution in [2.45, 2.75) is 13.3 Å². The van der Waals surface area contributed by atoms with E-state index in [0.717, 1.165) is 0 Å². The average Bonchev–Trinajstić information content (AvgIpc) is 1.96. The van der Waals surface area contributed by atoms with Crippen molar-refractivity contribution in [1.29, 1.82) is 0 Å². The summed E-state index contributed by atoms with van der Waals surface area (Å²) in [4.78, 5) is 11.1. The molecule has 1 heterocycles. The summed E-state index contributed by atoms with van der Waals surface area (Å²) in [6.07, 6.45) is 1.76. The first-order valence-electron chi connectivity index (χ1n) is 3.50. The highest BCUT2D eigenvalue weighted by molar-refractivity contribution is 5.11. The molecule has 2 nitrogen and oxygen atoms in total. The third-order valence-electron chi connectivity index (χ3n) is 1.61. The Morgan fingerprint density at radius 2 is 2.27 bits per heavy atom. The van der Waals surface area contributed by atoms with Gasteiger partial charge in [-0.25, -0.2) is 4.39 Å². The molecule has 0 bridgehead atoms. The number of rotatable bonds is 1. The van der Waals surface area contributed by atoms with Crippen molar-refractivity contribution in [2.75, 3.05) is 0 Å². The van der Waals surface area contributed by atoms with Crippen LogP contribution in [0, 0.1) is 5.82 Å². The Hall–Kier alpha value is -1.12. The molecule has 0 aromatic carbocycles. The Morgan fingerprint density at radius 1 is 1.64 bits per heavy atom. The van der Waals surface area contributed by atoms with Crippen molar-refractivity contribution in [3.05, 3.63) is 34.0 Å². The van der Waals surface area contributed by atoms with Crippen LogP contribution >= 0.6 is 0 Å². The first-order chi connectivity index (χ1) is 5.15. The van der Waals surface area contributed by atoms with Gasteiger partial charge in [0.2, 0.25) is 0 Å². The maximum absolute atomic E-state index is 12.6. The molecule has 3 heteroatoms. The van der Waals surface area contributed by atoms with Crippen LogP contribution in [0.25, 0.3) is 0 Å². The predicted octanol–water partition coefficient (Wildman–Crippen LogP) is 1.09. The van der Waals surface area contributed by atoms with Crippen LogP contribution in [0.4, 0.5) is 4.39 Å². The summed E-state index contributed by atoms with van der Waals surface area (Å²) in [5.74, 6) is -0.357. The molecule has 0 unspecified atom stereocenters. The molecule has 0 fully saturated rings. The molecule has 0 radical (unpaired) electrons. The normalized spacial score (nSPS) is 10.1. The average molecular weight is 155 g/mol. The highest BCUT2D eigenvalue weighted by Gasteiger charge is 2.00. The van der Waals surface area contributed by atoms with Crippen molar-refractivity contribution in [1.82, 2.24) is 4.57 Å². The van der Waals surface area contributed by atoms with Crippen molar-refractivity contribution in [3.8, 4) is 0 Å². The highest BCUT2D eigenvalue weighted by Crippen LogP contribution is 1.97. The van der Waals surface area contributed by atoms with Crippen LogP contribution in [0.3, 0.4) is 0 Å². The third-order valence-corrected chi connectivity index (χ3v) is 1.61. The van der Waals surface area contributed by atoms with Gasteiger partial charge in [-0.2, -0.15) is 0 Å². The lowest BCUT2D eigenvalue weighted by molar-refractivity contribution is 0.600. The molecule has 0 saturated heterocycles. The Labute approximate surface area is 64.3 Å². The van der Waals surface area contributed by atoms with E-state index in [4.69, 9.17) is 0 Å². The monoisotopic (exact) mass is 155 g/mol. The second-order valence-electron chi connectivity index (χ2n) is 2.45. The molecule has 1 aromatic rings. The molecule has 0 saturated carbocycles. The van der Waals surface area contributed by atoms with E-state index in [-0.39, 0.29) is 11.4 Å². The Morgan fingerprint density at radius 3 is 2.82 bits per heavy atom. The van der Waals surface area contributed by atoms with E-state index in [0.29, 0.717) is 12.0 Å². The van der Waals surface area contributed by atoms with Gasteiger partial charge in [-0.1, -0.05) is 6.92 Å². The zero-order valence-corrected chi connectivity index (χ0v) is 6.60. The maximum atomic E-state index is 12.6. The molecule has 0 N–H and O–H groups in total. The molecule has 0 aliphatic heterocycles. The van der Waals surface area contributed by atoms with Crippen LogP contribution in [0.5, 0.6) is 0 Å². The van der Waals surface area contributed by atoms with Gasteiger partial charge in [-0.05, 0) is 12.5 Å². The minimum absolute atomic E-state index is 0.117. The van der Waals surface area contributed by atoms with Crippen molar-refractivity contribution >= 4 is 0 Å². The van der Waals surface area contributed by atoms with Gasteiger partial charge in [0.15, 0.2) is 0 Å². The number of pyridine rings is 1. The Kier molecular flexibility index (Phi) is 2.08. The molecule has 60 valence electrons. The zero-order valence-electron chi connectivity index (χ0n) is 6.60. The fourth-order valence-corrected chi connectivity index (χ4v) is 0.989. The second-order valence-corrected chi connectivity index (χ2v) is 2.45. The van der Waals surface area contributed by atoms with E-state index in [1.807, 2.05) is 6.92 Å². The summed E-state index contributed by atoms with van der Waals surface area (Å²) in [5.41, 5.74) is 0.404. The number of halogens is 1. The number of hydrogen-bond donors (Lipinski definition) is 0. The summed E-state index contributed by atoms with van der Waals surface area (Å²) in [6.45, 7) is 1.83. The quantitative estimate of drug-likeness (QED) is 0.595. The molecular formula is C8H10FNO. The largest absolute Gasteiger partial charge is 0.315 e. The smallest absolute Gasteiger partial charge is 0.253 e. The highest BCUT2D eigenvalue weighted by atomic mass is 19.1.